The number of benzene rings is 1. The molecule has 0 saturated heterocycles. The Labute approximate surface area is 123 Å². The molecule has 1 aromatic heterocycles. The van der Waals surface area contributed by atoms with Gasteiger partial charge in [-0.05, 0) is 42.3 Å². The van der Waals surface area contributed by atoms with Gasteiger partial charge in [-0.3, -0.25) is 4.98 Å². The molecule has 2 rings (SSSR count). The Morgan fingerprint density at radius 2 is 1.80 bits per heavy atom. The molecule has 0 fully saturated rings. The quantitative estimate of drug-likeness (QED) is 0.882. The van der Waals surface area contributed by atoms with E-state index in [9.17, 15) is 13.2 Å². The molecule has 0 aliphatic carbocycles. The molecule has 6 heteroatoms. The smallest absolute Gasteiger partial charge is 0.385 e. The first-order chi connectivity index (χ1) is 9.45. The molecule has 0 bridgehead atoms. The molecular weight excluding hydrogens is 333 g/mol. The molecular formula is C14H12BrF3N2. The first-order valence-electron chi connectivity index (χ1n) is 5.96. The summed E-state index contributed by atoms with van der Waals surface area (Å²) in [5.74, 6) is 0. The summed E-state index contributed by atoms with van der Waals surface area (Å²) in [7, 11) is 0. The van der Waals surface area contributed by atoms with Crippen molar-refractivity contribution in [2.45, 2.75) is 12.6 Å². The number of rotatable bonds is 4. The third-order valence-electron chi connectivity index (χ3n) is 2.72. The highest BCUT2D eigenvalue weighted by atomic mass is 79.9. The number of hydrogen-bond donors (Lipinski definition) is 1. The van der Waals surface area contributed by atoms with Gasteiger partial charge in [-0.2, -0.15) is 13.2 Å². The summed E-state index contributed by atoms with van der Waals surface area (Å²) in [6, 6.07) is 7.56. The van der Waals surface area contributed by atoms with Gasteiger partial charge in [0.05, 0.1) is 5.56 Å². The van der Waals surface area contributed by atoms with Crippen LogP contribution in [0.2, 0.25) is 0 Å². The zero-order valence-corrected chi connectivity index (χ0v) is 12.0. The third-order valence-corrected chi connectivity index (χ3v) is 3.18. The van der Waals surface area contributed by atoms with Crippen molar-refractivity contribution in [2.24, 2.45) is 0 Å². The van der Waals surface area contributed by atoms with Gasteiger partial charge in [0.25, 0.3) is 0 Å². The molecule has 0 aliphatic heterocycles. The van der Waals surface area contributed by atoms with Gasteiger partial charge in [-0.15, -0.1) is 0 Å². The van der Waals surface area contributed by atoms with Crippen LogP contribution in [0.1, 0.15) is 11.1 Å². The lowest BCUT2D eigenvalue weighted by Crippen LogP contribution is -2.08. The van der Waals surface area contributed by atoms with Gasteiger partial charge in [-0.1, -0.05) is 15.9 Å². The minimum Gasteiger partial charge on any atom is -0.385 e. The standard InChI is InChI=1S/C14H12BrF3N2/c15-12-7-11(14(16,17)18)8-13(9-12)20-6-3-10-1-4-19-5-2-10/h1-2,4-5,7-9,20H,3,6H2. The fraction of sp³-hybridized carbons (Fsp3) is 0.214. The monoisotopic (exact) mass is 344 g/mol. The van der Waals surface area contributed by atoms with Gasteiger partial charge >= 0.3 is 6.18 Å². The average molecular weight is 345 g/mol. The van der Waals surface area contributed by atoms with E-state index in [2.05, 4.69) is 26.2 Å². The van der Waals surface area contributed by atoms with Crippen LogP contribution in [0, 0.1) is 0 Å². The summed E-state index contributed by atoms with van der Waals surface area (Å²) in [5, 5.41) is 3.00. The fourth-order valence-electron chi connectivity index (χ4n) is 1.76. The highest BCUT2D eigenvalue weighted by Gasteiger charge is 2.31. The predicted octanol–water partition coefficient (Wildman–Crippen LogP) is 4.52. The van der Waals surface area contributed by atoms with Gasteiger partial charge in [0.15, 0.2) is 0 Å². The molecule has 1 N–H and O–H groups in total. The van der Waals surface area contributed by atoms with E-state index in [1.54, 1.807) is 18.5 Å². The van der Waals surface area contributed by atoms with Gasteiger partial charge < -0.3 is 5.32 Å². The predicted molar refractivity (Wildman–Crippen MR) is 75.6 cm³/mol. The van der Waals surface area contributed by atoms with E-state index in [0.29, 0.717) is 16.7 Å². The molecule has 20 heavy (non-hydrogen) atoms. The maximum Gasteiger partial charge on any atom is 0.416 e. The van der Waals surface area contributed by atoms with Crippen molar-refractivity contribution in [3.05, 3.63) is 58.3 Å². The number of nitrogens with one attached hydrogen (secondary N) is 1. The second kappa shape index (κ2) is 6.26. The maximum absolute atomic E-state index is 12.7. The molecule has 0 saturated carbocycles. The van der Waals surface area contributed by atoms with Crippen LogP contribution in [0.25, 0.3) is 0 Å². The molecule has 2 aromatic rings. The van der Waals surface area contributed by atoms with Crippen LogP contribution in [0.5, 0.6) is 0 Å². The fourth-order valence-corrected chi connectivity index (χ4v) is 2.25. The molecule has 0 spiro atoms. The van der Waals surface area contributed by atoms with Gasteiger partial charge in [-0.25, -0.2) is 0 Å². The molecule has 0 radical (unpaired) electrons. The summed E-state index contributed by atoms with van der Waals surface area (Å²) >= 11 is 3.09. The summed E-state index contributed by atoms with van der Waals surface area (Å²) in [6.07, 6.45) is -0.242. The second-order valence-electron chi connectivity index (χ2n) is 4.26. The number of nitrogens with zero attached hydrogens (tertiary/aromatic N) is 1. The van der Waals surface area contributed by atoms with Crippen LogP contribution in [-0.2, 0) is 12.6 Å². The minimum absolute atomic E-state index is 0.402. The number of hydrogen-bond acceptors (Lipinski definition) is 2. The van der Waals surface area contributed by atoms with Crippen molar-refractivity contribution in [3.63, 3.8) is 0 Å². The van der Waals surface area contributed by atoms with E-state index in [1.165, 1.54) is 0 Å². The van der Waals surface area contributed by atoms with Crippen molar-refractivity contribution in [1.29, 1.82) is 0 Å². The van der Waals surface area contributed by atoms with E-state index in [4.69, 9.17) is 0 Å². The summed E-state index contributed by atoms with van der Waals surface area (Å²) < 4.78 is 38.4. The highest BCUT2D eigenvalue weighted by molar-refractivity contribution is 9.10. The number of alkyl halides is 3. The van der Waals surface area contributed by atoms with Crippen LogP contribution in [0.15, 0.2) is 47.2 Å². The van der Waals surface area contributed by atoms with Crippen LogP contribution in [0.4, 0.5) is 18.9 Å². The van der Waals surface area contributed by atoms with E-state index in [-0.39, 0.29) is 0 Å². The van der Waals surface area contributed by atoms with Crippen molar-refractivity contribution in [2.75, 3.05) is 11.9 Å². The van der Waals surface area contributed by atoms with Gasteiger partial charge in [0.2, 0.25) is 0 Å². The zero-order valence-electron chi connectivity index (χ0n) is 10.4. The lowest BCUT2D eigenvalue weighted by atomic mass is 10.1. The van der Waals surface area contributed by atoms with Crippen LogP contribution >= 0.6 is 15.9 Å². The van der Waals surface area contributed by atoms with E-state index >= 15 is 0 Å². The van der Waals surface area contributed by atoms with Crippen LogP contribution < -0.4 is 5.32 Å². The maximum atomic E-state index is 12.7. The summed E-state index contributed by atoms with van der Waals surface area (Å²) in [6.45, 7) is 0.553. The Kier molecular flexibility index (Phi) is 4.65. The largest absolute Gasteiger partial charge is 0.416 e. The Bertz CT molecular complexity index is 570. The lowest BCUT2D eigenvalue weighted by molar-refractivity contribution is -0.137. The van der Waals surface area contributed by atoms with E-state index in [0.717, 1.165) is 24.1 Å². The molecule has 1 heterocycles. The van der Waals surface area contributed by atoms with Crippen molar-refractivity contribution in [3.8, 4) is 0 Å². The van der Waals surface area contributed by atoms with Crippen LogP contribution in [0.3, 0.4) is 0 Å². The van der Waals surface area contributed by atoms with E-state index < -0.39 is 11.7 Å². The second-order valence-corrected chi connectivity index (χ2v) is 5.17. The summed E-state index contributed by atoms with van der Waals surface area (Å²) in [4.78, 5) is 3.91. The van der Waals surface area contributed by atoms with Crippen molar-refractivity contribution in [1.82, 2.24) is 4.98 Å². The van der Waals surface area contributed by atoms with Gasteiger partial charge in [0, 0.05) is 29.1 Å². The molecule has 0 amide bonds. The molecule has 0 unspecified atom stereocenters. The van der Waals surface area contributed by atoms with Crippen LogP contribution in [-0.4, -0.2) is 11.5 Å². The molecule has 2 nitrogen and oxygen atoms in total. The number of pyridine rings is 1. The van der Waals surface area contributed by atoms with E-state index in [1.807, 2.05) is 12.1 Å². The molecule has 0 aliphatic rings. The summed E-state index contributed by atoms with van der Waals surface area (Å²) in [5.41, 5.74) is 0.859. The van der Waals surface area contributed by atoms with Gasteiger partial charge in [0.1, 0.15) is 0 Å². The normalized spacial score (nSPS) is 11.4. The average Bonchev–Trinajstić information content (AvgIpc) is 2.38. The first kappa shape index (κ1) is 14.8. The SMILES string of the molecule is FC(F)(F)c1cc(Br)cc(NCCc2ccncc2)c1. The lowest BCUT2D eigenvalue weighted by Gasteiger charge is -2.11. The Balaban J connectivity index is 2.01. The highest BCUT2D eigenvalue weighted by Crippen LogP contribution is 2.33. The Morgan fingerprint density at radius 1 is 1.10 bits per heavy atom. The molecule has 106 valence electrons. The third kappa shape index (κ3) is 4.23. The number of anilines is 1. The molecule has 1 aromatic carbocycles. The molecule has 0 atom stereocenters. The first-order valence-corrected chi connectivity index (χ1v) is 6.75. The number of halogens is 4. The number of aromatic nitrogens is 1. The Morgan fingerprint density at radius 3 is 2.45 bits per heavy atom. The van der Waals surface area contributed by atoms with Crippen molar-refractivity contribution >= 4 is 21.6 Å². The minimum atomic E-state index is -4.34. The van der Waals surface area contributed by atoms with Crippen molar-refractivity contribution < 1.29 is 13.2 Å². The topological polar surface area (TPSA) is 24.9 Å². The Hall–Kier alpha value is -1.56. The zero-order chi connectivity index (χ0) is 14.6.